The number of hydrogen-bond acceptors (Lipinski definition) is 5. The molecule has 120 valence electrons. The van der Waals surface area contributed by atoms with Crippen molar-refractivity contribution in [3.05, 3.63) is 24.0 Å². The Balaban J connectivity index is 2.98. The van der Waals surface area contributed by atoms with E-state index in [-0.39, 0.29) is 30.3 Å². The first-order valence-corrected chi connectivity index (χ1v) is 7.90. The zero-order valence-electron chi connectivity index (χ0n) is 12.2. The monoisotopic (exact) mass is 320 g/mol. The van der Waals surface area contributed by atoms with Crippen LogP contribution in [0.3, 0.4) is 0 Å². The molecule has 0 aromatic heterocycles. The van der Waals surface area contributed by atoms with Crippen molar-refractivity contribution in [2.45, 2.75) is 11.3 Å². The molecule has 0 saturated heterocycles. The largest absolute Gasteiger partial charge is 0.396 e. The maximum absolute atomic E-state index is 13.2. The topological polar surface area (TPSA) is 81.9 Å². The normalized spacial score (nSPS) is 12.0. The molecule has 0 atom stereocenters. The third kappa shape index (κ3) is 4.92. The van der Waals surface area contributed by atoms with Crippen molar-refractivity contribution in [2.24, 2.45) is 0 Å². The highest BCUT2D eigenvalue weighted by Gasteiger charge is 2.24. The molecule has 0 saturated carbocycles. The highest BCUT2D eigenvalue weighted by molar-refractivity contribution is 7.89. The van der Waals surface area contributed by atoms with Crippen LogP contribution in [-0.4, -0.2) is 53.2 Å². The molecule has 8 heteroatoms. The summed E-state index contributed by atoms with van der Waals surface area (Å²) in [6.45, 7) is 1.21. The van der Waals surface area contributed by atoms with Gasteiger partial charge in [0.25, 0.3) is 0 Å². The predicted octanol–water partition coefficient (Wildman–Crippen LogP) is 1.08. The molecule has 0 aliphatic heterocycles. The first-order valence-electron chi connectivity index (χ1n) is 6.46. The number of hydrogen-bond donors (Lipinski definition) is 1. The van der Waals surface area contributed by atoms with Gasteiger partial charge in [-0.05, 0) is 24.6 Å². The molecule has 0 unspecified atom stereocenters. The van der Waals surface area contributed by atoms with Gasteiger partial charge in [-0.1, -0.05) is 0 Å². The standard InChI is InChI=1S/C13H21FN2O4S/c1-19-8-3-6-16(7-9-20-2)21(17,18)11-4-5-12(14)13(15)10-11/h4-5,10H,3,6-9,15H2,1-2H3. The van der Waals surface area contributed by atoms with Crippen LogP contribution in [0.25, 0.3) is 0 Å². The van der Waals surface area contributed by atoms with Crippen LogP contribution in [0.5, 0.6) is 0 Å². The summed E-state index contributed by atoms with van der Waals surface area (Å²) in [6, 6.07) is 3.38. The Morgan fingerprint density at radius 2 is 1.86 bits per heavy atom. The lowest BCUT2D eigenvalue weighted by molar-refractivity contribution is 0.164. The van der Waals surface area contributed by atoms with Gasteiger partial charge in [-0.2, -0.15) is 4.31 Å². The highest BCUT2D eigenvalue weighted by atomic mass is 32.2. The molecule has 1 aromatic carbocycles. The quantitative estimate of drug-likeness (QED) is 0.544. The van der Waals surface area contributed by atoms with E-state index < -0.39 is 15.8 Å². The van der Waals surface area contributed by atoms with Crippen LogP contribution in [0.4, 0.5) is 10.1 Å². The van der Waals surface area contributed by atoms with Crippen molar-refractivity contribution in [1.29, 1.82) is 0 Å². The number of methoxy groups -OCH3 is 2. The Hall–Kier alpha value is -1.22. The van der Waals surface area contributed by atoms with E-state index in [9.17, 15) is 12.8 Å². The van der Waals surface area contributed by atoms with E-state index in [0.29, 0.717) is 13.0 Å². The average molecular weight is 320 g/mol. The molecular weight excluding hydrogens is 299 g/mol. The van der Waals surface area contributed by atoms with E-state index in [0.717, 1.165) is 12.1 Å². The average Bonchev–Trinajstić information content (AvgIpc) is 2.45. The molecule has 0 amide bonds. The van der Waals surface area contributed by atoms with Crippen LogP contribution in [-0.2, 0) is 19.5 Å². The van der Waals surface area contributed by atoms with Crippen molar-refractivity contribution in [1.82, 2.24) is 4.31 Å². The number of sulfonamides is 1. The maximum Gasteiger partial charge on any atom is 0.243 e. The zero-order valence-corrected chi connectivity index (χ0v) is 13.0. The molecule has 0 aliphatic rings. The lowest BCUT2D eigenvalue weighted by atomic mass is 10.3. The first-order chi connectivity index (χ1) is 9.93. The Kier molecular flexibility index (Phi) is 7.03. The van der Waals surface area contributed by atoms with E-state index in [1.54, 1.807) is 7.11 Å². The molecule has 0 spiro atoms. The maximum atomic E-state index is 13.2. The van der Waals surface area contributed by atoms with Gasteiger partial charge in [0.2, 0.25) is 10.0 Å². The Morgan fingerprint density at radius 1 is 1.19 bits per heavy atom. The van der Waals surface area contributed by atoms with Crippen LogP contribution >= 0.6 is 0 Å². The highest BCUT2D eigenvalue weighted by Crippen LogP contribution is 2.20. The second-order valence-electron chi connectivity index (χ2n) is 4.43. The number of ether oxygens (including phenoxy) is 2. The third-order valence-corrected chi connectivity index (χ3v) is 4.80. The van der Waals surface area contributed by atoms with Gasteiger partial charge < -0.3 is 15.2 Å². The molecule has 1 rings (SSSR count). The molecule has 0 fully saturated rings. The first kappa shape index (κ1) is 17.8. The number of halogens is 1. The molecule has 6 nitrogen and oxygen atoms in total. The van der Waals surface area contributed by atoms with E-state index in [2.05, 4.69) is 0 Å². The summed E-state index contributed by atoms with van der Waals surface area (Å²) in [4.78, 5) is -0.0325. The summed E-state index contributed by atoms with van der Waals surface area (Å²) in [5, 5.41) is 0. The van der Waals surface area contributed by atoms with Crippen molar-refractivity contribution >= 4 is 15.7 Å². The number of nitrogens with zero attached hydrogens (tertiary/aromatic N) is 1. The second-order valence-corrected chi connectivity index (χ2v) is 6.36. The van der Waals surface area contributed by atoms with Gasteiger partial charge in [0, 0.05) is 33.9 Å². The SMILES string of the molecule is COCCCN(CCOC)S(=O)(=O)c1ccc(F)c(N)c1. The molecule has 0 radical (unpaired) electrons. The summed E-state index contributed by atoms with van der Waals surface area (Å²) >= 11 is 0. The number of benzene rings is 1. The van der Waals surface area contributed by atoms with Crippen LogP contribution in [0.1, 0.15) is 6.42 Å². The fraction of sp³-hybridized carbons (Fsp3) is 0.538. The van der Waals surface area contributed by atoms with Gasteiger partial charge in [0.1, 0.15) is 5.82 Å². The molecule has 0 heterocycles. The summed E-state index contributed by atoms with van der Waals surface area (Å²) in [5.41, 5.74) is 5.24. The van der Waals surface area contributed by atoms with E-state index in [4.69, 9.17) is 15.2 Å². The van der Waals surface area contributed by atoms with Crippen molar-refractivity contribution in [3.63, 3.8) is 0 Å². The lowest BCUT2D eigenvalue weighted by Gasteiger charge is -2.22. The summed E-state index contributed by atoms with van der Waals surface area (Å²) in [6.07, 6.45) is 0.552. The minimum atomic E-state index is -3.74. The summed E-state index contributed by atoms with van der Waals surface area (Å²) in [5.74, 6) is -0.642. The third-order valence-electron chi connectivity index (χ3n) is 2.91. The van der Waals surface area contributed by atoms with Crippen LogP contribution in [0, 0.1) is 5.82 Å². The number of nitrogen functional groups attached to an aromatic ring is 1. The van der Waals surface area contributed by atoms with Gasteiger partial charge in [0.15, 0.2) is 0 Å². The van der Waals surface area contributed by atoms with E-state index in [1.807, 2.05) is 0 Å². The Morgan fingerprint density at radius 3 is 2.43 bits per heavy atom. The van der Waals surface area contributed by atoms with Gasteiger partial charge in [0.05, 0.1) is 17.2 Å². The minimum Gasteiger partial charge on any atom is -0.396 e. The van der Waals surface area contributed by atoms with Crippen molar-refractivity contribution < 1.29 is 22.3 Å². The fourth-order valence-corrected chi connectivity index (χ4v) is 3.26. The number of anilines is 1. The van der Waals surface area contributed by atoms with E-state index >= 15 is 0 Å². The van der Waals surface area contributed by atoms with Crippen molar-refractivity contribution in [3.8, 4) is 0 Å². The van der Waals surface area contributed by atoms with Gasteiger partial charge in [-0.3, -0.25) is 0 Å². The summed E-state index contributed by atoms with van der Waals surface area (Å²) < 4.78 is 49.4. The Bertz CT molecular complexity index is 551. The second kappa shape index (κ2) is 8.28. The van der Waals surface area contributed by atoms with Gasteiger partial charge in [-0.25, -0.2) is 12.8 Å². The van der Waals surface area contributed by atoms with Crippen LogP contribution in [0.2, 0.25) is 0 Å². The van der Waals surface area contributed by atoms with Gasteiger partial charge >= 0.3 is 0 Å². The molecular formula is C13H21FN2O4S. The lowest BCUT2D eigenvalue weighted by Crippen LogP contribution is -2.35. The molecule has 0 bridgehead atoms. The van der Waals surface area contributed by atoms with Crippen LogP contribution < -0.4 is 5.73 Å². The molecule has 21 heavy (non-hydrogen) atoms. The number of rotatable bonds is 9. The van der Waals surface area contributed by atoms with Gasteiger partial charge in [-0.15, -0.1) is 0 Å². The van der Waals surface area contributed by atoms with E-state index in [1.165, 1.54) is 17.5 Å². The smallest absolute Gasteiger partial charge is 0.243 e. The summed E-state index contributed by atoms with van der Waals surface area (Å²) in [7, 11) is -0.696. The molecule has 0 aliphatic carbocycles. The molecule has 1 aromatic rings. The van der Waals surface area contributed by atoms with Crippen LogP contribution in [0.15, 0.2) is 23.1 Å². The number of nitrogens with two attached hydrogens (primary N) is 1. The fourth-order valence-electron chi connectivity index (χ4n) is 1.76. The minimum absolute atomic E-state index is 0.0325. The Labute approximate surface area is 124 Å². The zero-order chi connectivity index (χ0) is 15.9. The predicted molar refractivity (Wildman–Crippen MR) is 77.9 cm³/mol. The van der Waals surface area contributed by atoms with Crippen molar-refractivity contribution in [2.75, 3.05) is 46.3 Å². The molecule has 2 N–H and O–H groups in total.